The lowest BCUT2D eigenvalue weighted by atomic mass is 10.2. The molecule has 0 saturated carbocycles. The summed E-state index contributed by atoms with van der Waals surface area (Å²) in [5.41, 5.74) is 2.33. The van der Waals surface area contributed by atoms with Gasteiger partial charge in [-0.25, -0.2) is 9.97 Å². The van der Waals surface area contributed by atoms with Crippen molar-refractivity contribution >= 4 is 11.6 Å². The Bertz CT molecular complexity index is 416. The smallest absolute Gasteiger partial charge is 0.131 e. The molecule has 0 bridgehead atoms. The minimum atomic E-state index is 0.750. The molecule has 0 unspecified atom stereocenters. The Morgan fingerprint density at radius 1 is 0.812 bits per heavy atom. The van der Waals surface area contributed by atoms with Crippen molar-refractivity contribution in [2.45, 2.75) is 13.1 Å². The highest BCUT2D eigenvalue weighted by Gasteiger charge is 2.10. The molecular formula is C12H12N4. The first-order valence-corrected chi connectivity index (χ1v) is 5.29. The predicted octanol–water partition coefficient (Wildman–Crippen LogP) is 2.01. The number of aromatic nitrogens is 2. The Labute approximate surface area is 93.8 Å². The largest absolute Gasteiger partial charge is 0.366 e. The first-order valence-electron chi connectivity index (χ1n) is 5.29. The van der Waals surface area contributed by atoms with E-state index < -0.39 is 0 Å². The number of nitrogens with one attached hydrogen (secondary N) is 2. The molecule has 80 valence electrons. The van der Waals surface area contributed by atoms with Crippen LogP contribution in [0.2, 0.25) is 0 Å². The highest BCUT2D eigenvalue weighted by Crippen LogP contribution is 2.20. The number of anilines is 2. The second kappa shape index (κ2) is 3.81. The first-order chi connectivity index (χ1) is 7.93. The highest BCUT2D eigenvalue weighted by molar-refractivity contribution is 5.53. The third-order valence-corrected chi connectivity index (χ3v) is 2.68. The van der Waals surface area contributed by atoms with Crippen LogP contribution >= 0.6 is 0 Å². The average Bonchev–Trinajstić information content (AvgIpc) is 2.32. The van der Waals surface area contributed by atoms with Crippen LogP contribution in [0.1, 0.15) is 11.1 Å². The fourth-order valence-corrected chi connectivity index (χ4v) is 1.84. The molecule has 2 aromatic rings. The van der Waals surface area contributed by atoms with E-state index in [0.717, 1.165) is 24.7 Å². The molecule has 2 aromatic heterocycles. The van der Waals surface area contributed by atoms with Gasteiger partial charge in [-0.1, -0.05) is 12.1 Å². The number of hydrogen-bond donors (Lipinski definition) is 2. The molecule has 0 atom stereocenters. The van der Waals surface area contributed by atoms with E-state index >= 15 is 0 Å². The summed E-state index contributed by atoms with van der Waals surface area (Å²) in [6.45, 7) is 1.50. The quantitative estimate of drug-likeness (QED) is 0.701. The zero-order valence-electron chi connectivity index (χ0n) is 8.77. The predicted molar refractivity (Wildman–Crippen MR) is 63.1 cm³/mol. The van der Waals surface area contributed by atoms with E-state index in [1.807, 2.05) is 12.1 Å². The van der Waals surface area contributed by atoms with Gasteiger partial charge in [0, 0.05) is 36.6 Å². The lowest BCUT2D eigenvalue weighted by Crippen LogP contribution is -2.14. The summed E-state index contributed by atoms with van der Waals surface area (Å²) in [6, 6.07) is 8.03. The van der Waals surface area contributed by atoms with Gasteiger partial charge in [0.2, 0.25) is 0 Å². The monoisotopic (exact) mass is 212 g/mol. The van der Waals surface area contributed by atoms with Crippen molar-refractivity contribution in [3.05, 3.63) is 47.8 Å². The summed E-state index contributed by atoms with van der Waals surface area (Å²) in [4.78, 5) is 8.64. The molecular weight excluding hydrogens is 200 g/mol. The van der Waals surface area contributed by atoms with Gasteiger partial charge < -0.3 is 10.6 Å². The summed E-state index contributed by atoms with van der Waals surface area (Å²) in [5.74, 6) is 1.90. The van der Waals surface area contributed by atoms with Crippen LogP contribution in [0.4, 0.5) is 11.6 Å². The Morgan fingerprint density at radius 2 is 1.31 bits per heavy atom. The molecule has 3 rings (SSSR count). The van der Waals surface area contributed by atoms with Gasteiger partial charge in [-0.2, -0.15) is 0 Å². The molecule has 0 saturated heterocycles. The maximum absolute atomic E-state index is 4.32. The van der Waals surface area contributed by atoms with Crippen molar-refractivity contribution in [1.82, 2.24) is 9.97 Å². The minimum absolute atomic E-state index is 0.750. The molecule has 1 aliphatic rings. The maximum Gasteiger partial charge on any atom is 0.131 e. The van der Waals surface area contributed by atoms with Crippen molar-refractivity contribution in [3.63, 3.8) is 0 Å². The molecule has 0 fully saturated rings. The Hall–Kier alpha value is -2.10. The molecule has 4 nitrogen and oxygen atoms in total. The van der Waals surface area contributed by atoms with Crippen molar-refractivity contribution in [2.75, 3.05) is 10.6 Å². The van der Waals surface area contributed by atoms with Crippen molar-refractivity contribution in [1.29, 1.82) is 0 Å². The Morgan fingerprint density at radius 3 is 1.81 bits per heavy atom. The molecule has 16 heavy (non-hydrogen) atoms. The van der Waals surface area contributed by atoms with Crippen LogP contribution in [0.15, 0.2) is 36.7 Å². The zero-order valence-corrected chi connectivity index (χ0v) is 8.77. The van der Waals surface area contributed by atoms with E-state index in [9.17, 15) is 0 Å². The lowest BCUT2D eigenvalue weighted by Gasteiger charge is -2.18. The van der Waals surface area contributed by atoms with E-state index in [0.29, 0.717) is 0 Å². The lowest BCUT2D eigenvalue weighted by molar-refractivity contribution is 0.996. The minimum Gasteiger partial charge on any atom is -0.366 e. The number of fused-ring (bicyclic) bond motifs is 2. The van der Waals surface area contributed by atoms with Crippen LogP contribution in [-0.2, 0) is 13.1 Å². The van der Waals surface area contributed by atoms with Gasteiger partial charge in [-0.3, -0.25) is 0 Å². The highest BCUT2D eigenvalue weighted by atomic mass is 15.0. The molecule has 4 heteroatoms. The summed E-state index contributed by atoms with van der Waals surface area (Å²) in [6.07, 6.45) is 3.61. The van der Waals surface area contributed by atoms with Gasteiger partial charge in [-0.15, -0.1) is 0 Å². The molecule has 0 amide bonds. The van der Waals surface area contributed by atoms with Crippen molar-refractivity contribution < 1.29 is 0 Å². The fraction of sp³-hybridized carbons (Fsp3) is 0.167. The second-order valence-electron chi connectivity index (χ2n) is 3.73. The van der Waals surface area contributed by atoms with Crippen molar-refractivity contribution in [3.8, 4) is 0 Å². The van der Waals surface area contributed by atoms with Crippen LogP contribution in [0, 0.1) is 0 Å². The third-order valence-electron chi connectivity index (χ3n) is 2.68. The number of nitrogens with zero attached hydrogens (tertiary/aromatic N) is 2. The van der Waals surface area contributed by atoms with Crippen molar-refractivity contribution in [2.24, 2.45) is 0 Å². The van der Waals surface area contributed by atoms with E-state index in [1.165, 1.54) is 11.1 Å². The Kier molecular flexibility index (Phi) is 2.18. The van der Waals surface area contributed by atoms with Gasteiger partial charge >= 0.3 is 0 Å². The molecule has 0 aliphatic carbocycles. The summed E-state index contributed by atoms with van der Waals surface area (Å²) < 4.78 is 0. The van der Waals surface area contributed by atoms with Gasteiger partial charge in [0.05, 0.1) is 0 Å². The molecule has 1 aliphatic heterocycles. The standard InChI is InChI=1S/C12H12N4/c1-3-9-7-15-12-10(4-2-6-14-12)8-16-11(9)13-5-1/h1-6H,7-8H2,(H,13,16)(H,14,15). The zero-order chi connectivity index (χ0) is 10.8. The van der Waals surface area contributed by atoms with Gasteiger partial charge in [0.25, 0.3) is 0 Å². The second-order valence-corrected chi connectivity index (χ2v) is 3.73. The third kappa shape index (κ3) is 1.58. The van der Waals surface area contributed by atoms with E-state index in [4.69, 9.17) is 0 Å². The van der Waals surface area contributed by atoms with Crippen LogP contribution in [0.3, 0.4) is 0 Å². The number of hydrogen-bond acceptors (Lipinski definition) is 4. The fourth-order valence-electron chi connectivity index (χ4n) is 1.84. The van der Waals surface area contributed by atoms with Crippen LogP contribution in [-0.4, -0.2) is 9.97 Å². The molecule has 0 spiro atoms. The Balaban J connectivity index is 1.97. The van der Waals surface area contributed by atoms with E-state index in [2.05, 4.69) is 32.7 Å². The maximum atomic E-state index is 4.32. The molecule has 3 heterocycles. The summed E-state index contributed by atoms with van der Waals surface area (Å²) >= 11 is 0. The van der Waals surface area contributed by atoms with E-state index in [-0.39, 0.29) is 0 Å². The summed E-state index contributed by atoms with van der Waals surface area (Å²) in [5, 5.41) is 6.66. The average molecular weight is 212 g/mol. The number of pyridine rings is 2. The van der Waals surface area contributed by atoms with Crippen LogP contribution < -0.4 is 10.6 Å². The first kappa shape index (κ1) is 9.15. The van der Waals surface area contributed by atoms with Gasteiger partial charge in [0.15, 0.2) is 0 Å². The topological polar surface area (TPSA) is 49.8 Å². The number of rotatable bonds is 0. The van der Waals surface area contributed by atoms with Crippen LogP contribution in [0.5, 0.6) is 0 Å². The molecule has 0 aromatic carbocycles. The van der Waals surface area contributed by atoms with Crippen LogP contribution in [0.25, 0.3) is 0 Å². The van der Waals surface area contributed by atoms with E-state index in [1.54, 1.807) is 12.4 Å². The van der Waals surface area contributed by atoms with Gasteiger partial charge in [0.1, 0.15) is 11.6 Å². The SMILES string of the molecule is c1cnc2c(c1)CNc1ncccc1CN2. The van der Waals surface area contributed by atoms with Gasteiger partial charge in [-0.05, 0) is 12.1 Å². The molecule has 0 radical (unpaired) electrons. The summed E-state index contributed by atoms with van der Waals surface area (Å²) in [7, 11) is 0. The molecule has 2 N–H and O–H groups in total. The normalized spacial score (nSPS) is 13.5.